The first-order valence-corrected chi connectivity index (χ1v) is 9.35. The van der Waals surface area contributed by atoms with Gasteiger partial charge < -0.3 is 4.90 Å². The molecular formula is C15H16N2O3S2. The monoisotopic (exact) mass is 336 g/mol. The maximum atomic E-state index is 12.4. The van der Waals surface area contributed by atoms with Crippen LogP contribution in [0.3, 0.4) is 0 Å². The van der Waals surface area contributed by atoms with Crippen LogP contribution < -0.4 is 5.14 Å². The van der Waals surface area contributed by atoms with Crippen molar-refractivity contribution in [2.45, 2.75) is 17.7 Å². The minimum absolute atomic E-state index is 0.0481. The molecule has 2 atom stereocenters. The van der Waals surface area contributed by atoms with Crippen molar-refractivity contribution in [3.63, 3.8) is 0 Å². The summed E-state index contributed by atoms with van der Waals surface area (Å²) in [5.41, 5.74) is 0.966. The van der Waals surface area contributed by atoms with Gasteiger partial charge in [0.2, 0.25) is 15.9 Å². The Labute approximate surface area is 133 Å². The highest BCUT2D eigenvalue weighted by Crippen LogP contribution is 2.35. The molecule has 3 rings (SSSR count). The number of benzene rings is 1. The third-order valence-electron chi connectivity index (χ3n) is 3.83. The van der Waals surface area contributed by atoms with Crippen LogP contribution in [0, 0.1) is 0 Å². The summed E-state index contributed by atoms with van der Waals surface area (Å²) < 4.78 is 23.1. The maximum Gasteiger partial charge on any atom is 0.224 e. The second kappa shape index (κ2) is 5.83. The van der Waals surface area contributed by atoms with Gasteiger partial charge in [0, 0.05) is 17.8 Å². The fourth-order valence-electron chi connectivity index (χ4n) is 2.75. The molecule has 1 amide bonds. The number of carbonyl (C=O) groups is 1. The van der Waals surface area contributed by atoms with Crippen LogP contribution in [0.15, 0.2) is 47.8 Å². The van der Waals surface area contributed by atoms with Crippen molar-refractivity contribution in [1.29, 1.82) is 0 Å². The molecule has 1 aliphatic heterocycles. The summed E-state index contributed by atoms with van der Waals surface area (Å²) in [6, 6.07) is 13.2. The van der Waals surface area contributed by atoms with Gasteiger partial charge >= 0.3 is 0 Å². The lowest BCUT2D eigenvalue weighted by molar-refractivity contribution is -0.129. The second-order valence-electron chi connectivity index (χ2n) is 5.29. The van der Waals surface area contributed by atoms with Crippen molar-refractivity contribution in [2.24, 2.45) is 5.14 Å². The topological polar surface area (TPSA) is 80.5 Å². The van der Waals surface area contributed by atoms with E-state index in [1.54, 1.807) is 16.2 Å². The molecule has 116 valence electrons. The van der Waals surface area contributed by atoms with E-state index in [1.807, 2.05) is 47.8 Å². The third kappa shape index (κ3) is 2.92. The Morgan fingerprint density at radius 1 is 1.18 bits per heavy atom. The number of rotatable bonds is 4. The lowest BCUT2D eigenvalue weighted by Gasteiger charge is -2.27. The summed E-state index contributed by atoms with van der Waals surface area (Å²) in [6.45, 7) is 0.134. The molecule has 0 aliphatic carbocycles. The molecule has 2 aromatic rings. The molecule has 1 aromatic heterocycles. The molecule has 0 saturated carbocycles. The van der Waals surface area contributed by atoms with Gasteiger partial charge in [-0.05, 0) is 17.0 Å². The van der Waals surface area contributed by atoms with Crippen LogP contribution in [0.4, 0.5) is 0 Å². The first kappa shape index (κ1) is 15.2. The Morgan fingerprint density at radius 2 is 1.91 bits per heavy atom. The normalized spacial score (nSPS) is 20.3. The summed E-state index contributed by atoms with van der Waals surface area (Å²) in [5.74, 6) is -0.179. The summed E-state index contributed by atoms with van der Waals surface area (Å²) in [4.78, 5) is 15.0. The summed E-state index contributed by atoms with van der Waals surface area (Å²) >= 11 is 1.55. The number of primary sulfonamides is 1. The SMILES string of the molecule is NS(=O)(=O)C1CC(=O)N(C(c2ccccc2)c2cccs2)C1. The molecule has 22 heavy (non-hydrogen) atoms. The highest BCUT2D eigenvalue weighted by molar-refractivity contribution is 7.89. The van der Waals surface area contributed by atoms with Gasteiger partial charge in [-0.25, -0.2) is 13.6 Å². The Hall–Kier alpha value is -1.70. The fraction of sp³-hybridized carbons (Fsp3) is 0.267. The number of likely N-dealkylation sites (tertiary alicyclic amines) is 1. The molecule has 0 bridgehead atoms. The Balaban J connectivity index is 1.99. The first-order chi connectivity index (χ1) is 10.5. The predicted octanol–water partition coefficient (Wildman–Crippen LogP) is 1.73. The van der Waals surface area contributed by atoms with Crippen molar-refractivity contribution < 1.29 is 13.2 Å². The molecule has 1 aliphatic rings. The Bertz CT molecular complexity index is 757. The van der Waals surface area contributed by atoms with Gasteiger partial charge in [-0.2, -0.15) is 0 Å². The van der Waals surface area contributed by atoms with Crippen molar-refractivity contribution in [3.8, 4) is 0 Å². The van der Waals surface area contributed by atoms with E-state index in [9.17, 15) is 13.2 Å². The van der Waals surface area contributed by atoms with Gasteiger partial charge in [0.05, 0.1) is 6.04 Å². The largest absolute Gasteiger partial charge is 0.329 e. The number of amides is 1. The predicted molar refractivity (Wildman–Crippen MR) is 85.8 cm³/mol. The van der Waals surface area contributed by atoms with Crippen LogP contribution in [-0.4, -0.2) is 31.0 Å². The number of nitrogens with zero attached hydrogens (tertiary/aromatic N) is 1. The van der Waals surface area contributed by atoms with E-state index >= 15 is 0 Å². The molecule has 1 saturated heterocycles. The highest BCUT2D eigenvalue weighted by atomic mass is 32.2. The van der Waals surface area contributed by atoms with Crippen LogP contribution in [0.25, 0.3) is 0 Å². The highest BCUT2D eigenvalue weighted by Gasteiger charge is 2.40. The lowest BCUT2D eigenvalue weighted by Crippen LogP contribution is -2.34. The van der Waals surface area contributed by atoms with E-state index in [4.69, 9.17) is 5.14 Å². The molecule has 5 nitrogen and oxygen atoms in total. The van der Waals surface area contributed by atoms with Gasteiger partial charge in [0.15, 0.2) is 0 Å². The summed E-state index contributed by atoms with van der Waals surface area (Å²) in [7, 11) is -3.71. The minimum atomic E-state index is -3.71. The Kier molecular flexibility index (Phi) is 4.03. The molecule has 1 aromatic carbocycles. The zero-order valence-corrected chi connectivity index (χ0v) is 13.4. The number of hydrogen-bond acceptors (Lipinski definition) is 4. The lowest BCUT2D eigenvalue weighted by atomic mass is 10.0. The van der Waals surface area contributed by atoms with Crippen molar-refractivity contribution in [3.05, 3.63) is 58.3 Å². The summed E-state index contributed by atoms with van der Waals surface area (Å²) in [5, 5.41) is 6.34. The van der Waals surface area contributed by atoms with Crippen molar-refractivity contribution in [1.82, 2.24) is 4.90 Å². The van der Waals surface area contributed by atoms with E-state index in [0.717, 1.165) is 10.4 Å². The van der Waals surface area contributed by atoms with Crippen LogP contribution in [0.5, 0.6) is 0 Å². The number of thiophene rings is 1. The van der Waals surface area contributed by atoms with E-state index in [1.165, 1.54) is 0 Å². The first-order valence-electron chi connectivity index (χ1n) is 6.86. The smallest absolute Gasteiger partial charge is 0.224 e. The molecule has 0 spiro atoms. The van der Waals surface area contributed by atoms with Crippen molar-refractivity contribution >= 4 is 27.3 Å². The fourth-order valence-corrected chi connectivity index (χ4v) is 4.35. The minimum Gasteiger partial charge on any atom is -0.329 e. The van der Waals surface area contributed by atoms with Crippen LogP contribution in [0.2, 0.25) is 0 Å². The second-order valence-corrected chi connectivity index (χ2v) is 8.11. The number of nitrogens with two attached hydrogens (primary N) is 1. The zero-order chi connectivity index (χ0) is 15.7. The van der Waals surface area contributed by atoms with E-state index in [-0.39, 0.29) is 24.9 Å². The molecule has 2 N–H and O–H groups in total. The van der Waals surface area contributed by atoms with Gasteiger partial charge in [0.1, 0.15) is 5.25 Å². The average molecular weight is 336 g/mol. The molecule has 2 heterocycles. The van der Waals surface area contributed by atoms with Gasteiger partial charge in [-0.1, -0.05) is 36.4 Å². The standard InChI is InChI=1S/C15H16N2O3S2/c16-22(19,20)12-9-14(18)17(10-12)15(13-7-4-8-21-13)11-5-2-1-3-6-11/h1-8,12,15H,9-10H2,(H2,16,19,20). The number of hydrogen-bond donors (Lipinski definition) is 1. The van der Waals surface area contributed by atoms with Crippen LogP contribution >= 0.6 is 11.3 Å². The summed E-state index contributed by atoms with van der Waals surface area (Å²) in [6.07, 6.45) is -0.0481. The molecular weight excluding hydrogens is 320 g/mol. The number of carbonyl (C=O) groups excluding carboxylic acids is 1. The van der Waals surface area contributed by atoms with Gasteiger partial charge in [-0.15, -0.1) is 11.3 Å². The van der Waals surface area contributed by atoms with E-state index < -0.39 is 15.3 Å². The Morgan fingerprint density at radius 3 is 2.45 bits per heavy atom. The number of sulfonamides is 1. The molecule has 7 heteroatoms. The van der Waals surface area contributed by atoms with E-state index in [2.05, 4.69) is 0 Å². The third-order valence-corrected chi connectivity index (χ3v) is 6.00. The quantitative estimate of drug-likeness (QED) is 0.923. The van der Waals surface area contributed by atoms with Crippen molar-refractivity contribution in [2.75, 3.05) is 6.54 Å². The molecule has 2 unspecified atom stereocenters. The maximum absolute atomic E-state index is 12.4. The van der Waals surface area contributed by atoms with E-state index in [0.29, 0.717) is 0 Å². The molecule has 1 fully saturated rings. The van der Waals surface area contributed by atoms with Gasteiger partial charge in [-0.3, -0.25) is 4.79 Å². The van der Waals surface area contributed by atoms with Crippen LogP contribution in [-0.2, 0) is 14.8 Å². The van der Waals surface area contributed by atoms with Crippen LogP contribution in [0.1, 0.15) is 22.9 Å². The zero-order valence-electron chi connectivity index (χ0n) is 11.8. The molecule has 0 radical (unpaired) electrons. The average Bonchev–Trinajstić information content (AvgIpc) is 3.11. The van der Waals surface area contributed by atoms with Gasteiger partial charge in [0.25, 0.3) is 0 Å².